The van der Waals surface area contributed by atoms with Crippen LogP contribution in [0, 0.1) is 23.7 Å². The Kier molecular flexibility index (Phi) is 67.8. The molecule has 0 spiro atoms. The fourth-order valence-electron chi connectivity index (χ4n) is 12.2. The molecule has 0 radical (unpaired) electrons. The van der Waals surface area contributed by atoms with Gasteiger partial charge in [-0.2, -0.15) is 0 Å². The summed E-state index contributed by atoms with van der Waals surface area (Å²) < 4.78 is 68.6. The molecule has 0 aromatic carbocycles. The maximum absolute atomic E-state index is 13.1. The molecule has 0 amide bonds. The number of hydrogen-bond acceptors (Lipinski definition) is 15. The molecule has 7 atom stereocenters. The largest absolute Gasteiger partial charge is 0.472 e. The molecule has 4 unspecified atom stereocenters. The highest BCUT2D eigenvalue weighted by Crippen LogP contribution is 2.45. The van der Waals surface area contributed by atoms with Gasteiger partial charge in [0.25, 0.3) is 0 Å². The molecule has 17 nitrogen and oxygen atoms in total. The molecule has 0 saturated carbocycles. The maximum atomic E-state index is 13.1. The molecule has 99 heavy (non-hydrogen) atoms. The van der Waals surface area contributed by atoms with Crippen LogP contribution < -0.4 is 0 Å². The van der Waals surface area contributed by atoms with E-state index in [0.717, 1.165) is 120 Å². The lowest BCUT2D eigenvalue weighted by Crippen LogP contribution is -2.30. The van der Waals surface area contributed by atoms with E-state index in [1.54, 1.807) is 0 Å². The summed E-state index contributed by atoms with van der Waals surface area (Å²) in [5.74, 6) is 0.999. The number of unbranched alkanes of at least 4 members (excludes halogenated alkanes) is 41. The second-order valence-corrected chi connectivity index (χ2v) is 33.1. The number of aliphatic hydroxyl groups excluding tert-OH is 1. The van der Waals surface area contributed by atoms with E-state index in [-0.39, 0.29) is 25.7 Å². The molecule has 0 fully saturated rings. The topological polar surface area (TPSA) is 237 Å². The molecule has 0 aliphatic rings. The predicted octanol–water partition coefficient (Wildman–Crippen LogP) is 23.6. The van der Waals surface area contributed by atoms with Crippen molar-refractivity contribution in [2.24, 2.45) is 23.7 Å². The third-order valence-corrected chi connectivity index (χ3v) is 21.2. The van der Waals surface area contributed by atoms with Crippen molar-refractivity contribution >= 4 is 39.5 Å². The van der Waals surface area contributed by atoms with E-state index in [2.05, 4.69) is 55.4 Å². The summed E-state index contributed by atoms with van der Waals surface area (Å²) in [5, 5.41) is 10.6. The summed E-state index contributed by atoms with van der Waals surface area (Å²) in [4.78, 5) is 72.9. The van der Waals surface area contributed by atoms with Gasteiger partial charge in [0.2, 0.25) is 0 Å². The Labute approximate surface area is 607 Å². The zero-order valence-corrected chi connectivity index (χ0v) is 66.9. The van der Waals surface area contributed by atoms with Crippen molar-refractivity contribution in [3.8, 4) is 0 Å². The number of carbonyl (C=O) groups excluding carboxylic acids is 4. The van der Waals surface area contributed by atoms with Gasteiger partial charge in [-0.1, -0.05) is 357 Å². The van der Waals surface area contributed by atoms with Crippen molar-refractivity contribution < 1.29 is 80.2 Å². The summed E-state index contributed by atoms with van der Waals surface area (Å²) >= 11 is 0. The van der Waals surface area contributed by atoms with Gasteiger partial charge in [0, 0.05) is 25.7 Å². The highest BCUT2D eigenvalue weighted by atomic mass is 31.2. The Hall–Kier alpha value is -1.94. The minimum Gasteiger partial charge on any atom is -0.462 e. The summed E-state index contributed by atoms with van der Waals surface area (Å²) in [6.45, 7) is 14.2. The summed E-state index contributed by atoms with van der Waals surface area (Å²) in [6.07, 6.45) is 55.6. The first kappa shape index (κ1) is 97.1. The van der Waals surface area contributed by atoms with Crippen LogP contribution >= 0.6 is 15.6 Å². The van der Waals surface area contributed by atoms with Crippen LogP contribution in [0.5, 0.6) is 0 Å². The van der Waals surface area contributed by atoms with Gasteiger partial charge < -0.3 is 33.8 Å². The zero-order chi connectivity index (χ0) is 73.1. The average molecular weight is 1450 g/mol. The smallest absolute Gasteiger partial charge is 0.462 e. The van der Waals surface area contributed by atoms with Crippen LogP contribution in [0.1, 0.15) is 409 Å². The molecule has 19 heteroatoms. The Bertz CT molecular complexity index is 1940. The second-order valence-electron chi connectivity index (χ2n) is 30.2. The molecule has 0 aromatic heterocycles. The number of esters is 4. The van der Waals surface area contributed by atoms with Gasteiger partial charge in [-0.3, -0.25) is 37.3 Å². The fourth-order valence-corrected chi connectivity index (χ4v) is 13.8. The average Bonchev–Trinajstić information content (AvgIpc) is 0.975. The Morgan fingerprint density at radius 3 is 0.717 bits per heavy atom. The number of ether oxygens (including phenoxy) is 4. The number of carbonyl (C=O) groups is 4. The molecule has 3 N–H and O–H groups in total. The van der Waals surface area contributed by atoms with Crippen LogP contribution in [0.25, 0.3) is 0 Å². The van der Waals surface area contributed by atoms with Crippen LogP contribution in [-0.4, -0.2) is 96.7 Å². The van der Waals surface area contributed by atoms with E-state index in [1.807, 2.05) is 0 Å². The molecule has 0 bridgehead atoms. The van der Waals surface area contributed by atoms with Crippen LogP contribution in [0.3, 0.4) is 0 Å². The molecular formula is C80H156O17P2. The first-order chi connectivity index (χ1) is 47.7. The maximum Gasteiger partial charge on any atom is 0.472 e. The second kappa shape index (κ2) is 69.1. The van der Waals surface area contributed by atoms with Crippen LogP contribution in [0.4, 0.5) is 0 Å². The molecule has 0 aliphatic carbocycles. The summed E-state index contributed by atoms with van der Waals surface area (Å²) in [7, 11) is -9.92. The van der Waals surface area contributed by atoms with Gasteiger partial charge in [0.15, 0.2) is 12.2 Å². The standard InChI is InChI=1S/C80H156O17P2/c1-9-72(7)58-50-42-34-28-22-17-15-13-11-12-14-16-18-23-29-35-44-52-60-77(82)90-66-75(96-79(84)62-54-46-36-30-24-20-19-21-26-32-40-48-56-70(3)4)68-94-98(86,87)92-64-74(81)65-93-99(88,89)95-69-76(67-91-78(83)61-53-45-39-38-43-51-59-73(8)10-2)97-80(85)63-55-47-37-31-25-27-33-41-49-57-71(5)6/h70-76,81H,9-69H2,1-8H3,(H,86,87)(H,88,89)/t72?,73?,74-,75-,76-/m1/s1. The Morgan fingerprint density at radius 1 is 0.283 bits per heavy atom. The quantitative estimate of drug-likeness (QED) is 0.0222. The van der Waals surface area contributed by atoms with Crippen molar-refractivity contribution in [3.05, 3.63) is 0 Å². The summed E-state index contributed by atoms with van der Waals surface area (Å²) in [5.41, 5.74) is 0. The molecule has 0 rings (SSSR count). The van der Waals surface area contributed by atoms with Gasteiger partial charge in [0.1, 0.15) is 19.3 Å². The Balaban J connectivity index is 5.19. The van der Waals surface area contributed by atoms with Gasteiger partial charge in [-0.05, 0) is 49.4 Å². The first-order valence-corrected chi connectivity index (χ1v) is 44.3. The van der Waals surface area contributed by atoms with E-state index in [9.17, 15) is 43.2 Å². The normalized spacial score (nSPS) is 14.6. The molecular weight excluding hydrogens is 1290 g/mol. The van der Waals surface area contributed by atoms with E-state index in [1.165, 1.54) is 205 Å². The van der Waals surface area contributed by atoms with Crippen molar-refractivity contribution in [3.63, 3.8) is 0 Å². The zero-order valence-electron chi connectivity index (χ0n) is 65.1. The van der Waals surface area contributed by atoms with E-state index >= 15 is 0 Å². The highest BCUT2D eigenvalue weighted by molar-refractivity contribution is 7.47. The van der Waals surface area contributed by atoms with E-state index in [4.69, 9.17) is 37.0 Å². The monoisotopic (exact) mass is 1450 g/mol. The van der Waals surface area contributed by atoms with Gasteiger partial charge in [-0.15, -0.1) is 0 Å². The molecule has 0 aromatic rings. The Morgan fingerprint density at radius 2 is 0.485 bits per heavy atom. The number of hydrogen-bond donors (Lipinski definition) is 3. The van der Waals surface area contributed by atoms with Crippen molar-refractivity contribution in [2.45, 2.75) is 427 Å². The predicted molar refractivity (Wildman–Crippen MR) is 404 cm³/mol. The summed E-state index contributed by atoms with van der Waals surface area (Å²) in [6, 6.07) is 0. The molecule has 0 saturated heterocycles. The van der Waals surface area contributed by atoms with Crippen molar-refractivity contribution in [1.29, 1.82) is 0 Å². The van der Waals surface area contributed by atoms with Gasteiger partial charge >= 0.3 is 39.5 Å². The number of phosphoric ester groups is 2. The van der Waals surface area contributed by atoms with Crippen molar-refractivity contribution in [2.75, 3.05) is 39.6 Å². The lowest BCUT2D eigenvalue weighted by molar-refractivity contribution is -0.161. The van der Waals surface area contributed by atoms with E-state index in [0.29, 0.717) is 25.7 Å². The molecule has 588 valence electrons. The number of aliphatic hydroxyl groups is 1. The van der Waals surface area contributed by atoms with Crippen LogP contribution in [-0.2, 0) is 65.4 Å². The SMILES string of the molecule is CCC(C)CCCCCCCCCCCCCCCCCCCCC(=O)OC[C@H](COP(=O)(O)OC[C@@H](O)COP(=O)(O)OC[C@@H](COC(=O)CCCCCCCCC(C)CC)OC(=O)CCCCCCCCCCCC(C)C)OC(=O)CCCCCCCCCCCCCCC(C)C. The van der Waals surface area contributed by atoms with Crippen molar-refractivity contribution in [1.82, 2.24) is 0 Å². The number of rotatable bonds is 77. The minimum atomic E-state index is -4.96. The lowest BCUT2D eigenvalue weighted by Gasteiger charge is -2.21. The van der Waals surface area contributed by atoms with E-state index < -0.39 is 97.5 Å². The van der Waals surface area contributed by atoms with Gasteiger partial charge in [-0.25, -0.2) is 9.13 Å². The third kappa shape index (κ3) is 71.5. The molecule has 0 heterocycles. The van der Waals surface area contributed by atoms with Crippen LogP contribution in [0.15, 0.2) is 0 Å². The minimum absolute atomic E-state index is 0.104. The fraction of sp³-hybridized carbons (Fsp3) is 0.950. The lowest BCUT2D eigenvalue weighted by atomic mass is 9.99. The molecule has 0 aliphatic heterocycles. The number of phosphoric acid groups is 2. The first-order valence-electron chi connectivity index (χ1n) is 41.3. The van der Waals surface area contributed by atoms with Gasteiger partial charge in [0.05, 0.1) is 26.4 Å². The third-order valence-electron chi connectivity index (χ3n) is 19.3. The highest BCUT2D eigenvalue weighted by Gasteiger charge is 2.30. The van der Waals surface area contributed by atoms with Crippen LogP contribution in [0.2, 0.25) is 0 Å².